The van der Waals surface area contributed by atoms with Crippen LogP contribution in [-0.2, 0) is 0 Å². The van der Waals surface area contributed by atoms with Crippen molar-refractivity contribution in [1.29, 1.82) is 0 Å². The summed E-state index contributed by atoms with van der Waals surface area (Å²) >= 11 is 0. The molecular weight excluding hydrogens is 139 g/mol. The smallest absolute Gasteiger partial charge is 0.0934 e. The van der Waals surface area contributed by atoms with Gasteiger partial charge in [0.25, 0.3) is 0 Å². The predicted octanol–water partition coefficient (Wildman–Crippen LogP) is -2.80. The molecule has 0 aromatic carbocycles. The average Bonchev–Trinajstić information content (AvgIpc) is 1.59. The highest BCUT2D eigenvalue weighted by Gasteiger charge is 1.96. The van der Waals surface area contributed by atoms with Gasteiger partial charge in [-0.3, -0.25) is 0 Å². The quantitative estimate of drug-likeness (QED) is 0.335. The molecule has 9 heavy (non-hydrogen) atoms. The van der Waals surface area contributed by atoms with Gasteiger partial charge in [-0.2, -0.15) is 0 Å². The van der Waals surface area contributed by atoms with Gasteiger partial charge >= 0.3 is 0 Å². The van der Waals surface area contributed by atoms with Gasteiger partial charge in [0.2, 0.25) is 0 Å². The molecule has 0 radical (unpaired) electrons. The van der Waals surface area contributed by atoms with Crippen molar-refractivity contribution in [2.75, 3.05) is 27.7 Å². The van der Waals surface area contributed by atoms with Crippen LogP contribution in [0.25, 0.3) is 0 Å². The average molecular weight is 153 g/mol. The van der Waals surface area contributed by atoms with Crippen molar-refractivity contribution in [3.05, 3.63) is 12.3 Å². The highest BCUT2D eigenvalue weighted by molar-refractivity contribution is 4.70. The number of aliphatic hydroxyl groups excluding tert-OH is 1. The first-order chi connectivity index (χ1) is 3.56. The zero-order valence-electron chi connectivity index (χ0n) is 6.13. The van der Waals surface area contributed by atoms with Crippen LogP contribution in [0.2, 0.25) is 0 Å². The Kier molecular flexibility index (Phi) is 6.24. The molecule has 0 atom stereocenters. The lowest BCUT2D eigenvalue weighted by Gasteiger charge is -2.16. The number of hydrogen-bond acceptors (Lipinski definition) is 1. The molecular formula is C6H14ClNO. The second-order valence-corrected chi connectivity index (χ2v) is 2.68. The summed E-state index contributed by atoms with van der Waals surface area (Å²) in [5.74, 6) is 0. The van der Waals surface area contributed by atoms with E-state index in [1.165, 1.54) is 0 Å². The van der Waals surface area contributed by atoms with Crippen LogP contribution in [0, 0.1) is 0 Å². The first kappa shape index (κ1) is 11.7. The van der Waals surface area contributed by atoms with Crippen LogP contribution >= 0.6 is 0 Å². The Balaban J connectivity index is 0. The van der Waals surface area contributed by atoms with E-state index in [9.17, 15) is 0 Å². The number of halogens is 1. The van der Waals surface area contributed by atoms with Gasteiger partial charge in [0, 0.05) is 0 Å². The van der Waals surface area contributed by atoms with Gasteiger partial charge in [0.05, 0.1) is 33.9 Å². The first-order valence-electron chi connectivity index (χ1n) is 2.66. The molecule has 0 heterocycles. The van der Waals surface area contributed by atoms with Crippen LogP contribution in [0.3, 0.4) is 0 Å². The largest absolute Gasteiger partial charge is 1.00 e. The van der Waals surface area contributed by atoms with Crippen LogP contribution in [-0.4, -0.2) is 37.3 Å². The van der Waals surface area contributed by atoms with Crippen LogP contribution in [0.5, 0.6) is 0 Å². The lowest BCUT2D eigenvalue weighted by molar-refractivity contribution is -0.817. The molecule has 2 nitrogen and oxygen atoms in total. The van der Waals surface area contributed by atoms with Crippen LogP contribution in [0.1, 0.15) is 0 Å². The minimum absolute atomic E-state index is 0. The van der Waals surface area contributed by atoms with E-state index in [1.807, 2.05) is 27.3 Å². The van der Waals surface area contributed by atoms with Crippen molar-refractivity contribution in [2.24, 2.45) is 0 Å². The highest BCUT2D eigenvalue weighted by Crippen LogP contribution is 1.89. The zero-order chi connectivity index (χ0) is 6.62. The first-order valence-corrected chi connectivity index (χ1v) is 2.66. The maximum Gasteiger partial charge on any atom is 0.0934 e. The minimum atomic E-state index is 0. The lowest BCUT2D eigenvalue weighted by Crippen LogP contribution is -3.00. The molecule has 0 amide bonds. The second-order valence-electron chi connectivity index (χ2n) is 2.68. The number of quaternary nitrogens is 1. The molecule has 0 saturated carbocycles. The lowest BCUT2D eigenvalue weighted by atomic mass is 10.6. The van der Waals surface area contributed by atoms with E-state index in [2.05, 4.69) is 0 Å². The number of hydrogen-bond donors (Lipinski definition) is 1. The normalized spacial score (nSPS) is 11.6. The van der Waals surface area contributed by atoms with Crippen molar-refractivity contribution in [2.45, 2.75) is 0 Å². The van der Waals surface area contributed by atoms with Crippen molar-refractivity contribution < 1.29 is 22.0 Å². The Morgan fingerprint density at radius 3 is 1.89 bits per heavy atom. The predicted molar refractivity (Wildman–Crippen MR) is 34.3 cm³/mol. The fourth-order valence-corrected chi connectivity index (χ4v) is 0.363. The van der Waals surface area contributed by atoms with Gasteiger partial charge in [0.1, 0.15) is 0 Å². The molecule has 0 unspecified atom stereocenters. The van der Waals surface area contributed by atoms with Gasteiger partial charge in [-0.1, -0.05) is 0 Å². The molecule has 0 aliphatic carbocycles. The van der Waals surface area contributed by atoms with E-state index in [-0.39, 0.29) is 19.0 Å². The standard InChI is InChI=1S/C6H14NO.ClH/c1-7(2,3)5-4-6-8;/h4-5,8H,6H2,1-3H3;1H/q+1;/p-1/b5-4+;/i7+1;. The summed E-state index contributed by atoms with van der Waals surface area (Å²) < 4.78 is 0.764. The molecule has 0 aliphatic rings. The third-order valence-electron chi connectivity index (χ3n) is 0.658. The minimum Gasteiger partial charge on any atom is -1.00 e. The van der Waals surface area contributed by atoms with Crippen molar-refractivity contribution in [3.63, 3.8) is 0 Å². The zero-order valence-corrected chi connectivity index (χ0v) is 6.89. The summed E-state index contributed by atoms with van der Waals surface area (Å²) in [6.07, 6.45) is 3.67. The van der Waals surface area contributed by atoms with Crippen molar-refractivity contribution in [1.82, 2.24) is 0 Å². The number of aliphatic hydroxyl groups is 1. The number of rotatable bonds is 2. The summed E-state index contributed by atoms with van der Waals surface area (Å²) in [5.41, 5.74) is 0. The van der Waals surface area contributed by atoms with E-state index in [0.717, 1.165) is 4.48 Å². The molecule has 0 rings (SSSR count). The Morgan fingerprint density at radius 2 is 1.78 bits per heavy atom. The Labute approximate surface area is 62.8 Å². The Morgan fingerprint density at radius 1 is 1.33 bits per heavy atom. The van der Waals surface area contributed by atoms with Crippen LogP contribution in [0.15, 0.2) is 12.3 Å². The van der Waals surface area contributed by atoms with E-state index in [4.69, 9.17) is 5.11 Å². The third-order valence-corrected chi connectivity index (χ3v) is 0.658. The van der Waals surface area contributed by atoms with Gasteiger partial charge < -0.3 is 22.0 Å². The highest BCUT2D eigenvalue weighted by atomic mass is 35.5. The SMILES string of the molecule is C[15N+](C)(C)/C=C/CO.[Cl-]. The van der Waals surface area contributed by atoms with Crippen molar-refractivity contribution >= 4 is 0 Å². The molecule has 0 aliphatic heterocycles. The van der Waals surface area contributed by atoms with E-state index >= 15 is 0 Å². The summed E-state index contributed by atoms with van der Waals surface area (Å²) in [7, 11) is 6.10. The third kappa shape index (κ3) is 11.5. The molecule has 1 N–H and O–H groups in total. The maximum absolute atomic E-state index is 8.33. The molecule has 0 bridgehead atoms. The second kappa shape index (κ2) is 4.79. The molecule has 0 aromatic heterocycles. The van der Waals surface area contributed by atoms with Crippen LogP contribution in [0.4, 0.5) is 0 Å². The topological polar surface area (TPSA) is 20.2 Å². The molecule has 0 fully saturated rings. The summed E-state index contributed by atoms with van der Waals surface area (Å²) in [6, 6.07) is 0. The van der Waals surface area contributed by atoms with Gasteiger partial charge in [0.15, 0.2) is 0 Å². The molecule has 0 spiro atoms. The summed E-state index contributed by atoms with van der Waals surface area (Å²) in [4.78, 5) is 0. The molecule has 0 saturated heterocycles. The Bertz CT molecular complexity index is 85.5. The fraction of sp³-hybridized carbons (Fsp3) is 0.667. The van der Waals surface area contributed by atoms with Gasteiger partial charge in [-0.15, -0.1) is 0 Å². The summed E-state index contributed by atoms with van der Waals surface area (Å²) in [5, 5.41) is 8.33. The van der Waals surface area contributed by atoms with Gasteiger partial charge in [-0.05, 0) is 6.08 Å². The monoisotopic (exact) mass is 152 g/mol. The molecule has 3 heteroatoms. The molecule has 56 valence electrons. The Hall–Kier alpha value is -0.0500. The van der Waals surface area contributed by atoms with E-state index < -0.39 is 0 Å². The van der Waals surface area contributed by atoms with E-state index in [0.29, 0.717) is 0 Å². The fourth-order valence-electron chi connectivity index (χ4n) is 0.363. The summed E-state index contributed by atoms with van der Waals surface area (Å²) in [6.45, 7) is 0.134. The number of nitrogens with zero attached hydrogens (tertiary/aromatic N) is 1. The van der Waals surface area contributed by atoms with Crippen molar-refractivity contribution in [3.8, 4) is 0 Å². The van der Waals surface area contributed by atoms with Crippen LogP contribution < -0.4 is 12.4 Å². The molecule has 0 aromatic rings. The van der Waals surface area contributed by atoms with Gasteiger partial charge in [-0.25, -0.2) is 0 Å². The maximum atomic E-state index is 8.33. The van der Waals surface area contributed by atoms with E-state index in [1.54, 1.807) is 6.08 Å².